The molecular weight excluding hydrogens is 257 g/mol. The van der Waals surface area contributed by atoms with Crippen LogP contribution in [0.4, 0.5) is 10.3 Å². The molecule has 0 unspecified atom stereocenters. The summed E-state index contributed by atoms with van der Waals surface area (Å²) in [7, 11) is 0. The second-order valence-electron chi connectivity index (χ2n) is 4.09. The van der Waals surface area contributed by atoms with Crippen LogP contribution >= 0.6 is 0 Å². The summed E-state index contributed by atoms with van der Waals surface area (Å²) >= 11 is 0. The third-order valence-electron chi connectivity index (χ3n) is 2.84. The third kappa shape index (κ3) is 1.82. The quantitative estimate of drug-likeness (QED) is 0.729. The average molecular weight is 265 g/mol. The Labute approximate surface area is 113 Å². The summed E-state index contributed by atoms with van der Waals surface area (Å²) in [6.07, 6.45) is 1.17. The number of hydrogen-bond acceptors (Lipinski definition) is 5. The van der Waals surface area contributed by atoms with E-state index >= 15 is 0 Å². The third-order valence-corrected chi connectivity index (χ3v) is 2.84. The second kappa shape index (κ2) is 4.55. The lowest BCUT2D eigenvalue weighted by molar-refractivity contribution is 0.631. The van der Waals surface area contributed by atoms with Gasteiger partial charge < -0.3 is 5.73 Å². The summed E-state index contributed by atoms with van der Waals surface area (Å²) < 4.78 is 14.1. The fraction of sp³-hybridized carbons (Fsp3) is 0. The zero-order valence-corrected chi connectivity index (χ0v) is 10.2. The number of nitriles is 1. The van der Waals surface area contributed by atoms with Gasteiger partial charge in [-0.25, -0.2) is 14.4 Å². The Morgan fingerprint density at radius 2 is 1.85 bits per heavy atom. The van der Waals surface area contributed by atoms with E-state index in [0.29, 0.717) is 5.69 Å². The molecule has 0 aliphatic heterocycles. The number of pyridine rings is 1. The molecule has 0 spiro atoms. The van der Waals surface area contributed by atoms with Crippen molar-refractivity contribution >= 4 is 17.0 Å². The highest BCUT2D eigenvalue weighted by atomic mass is 19.1. The van der Waals surface area contributed by atoms with E-state index in [9.17, 15) is 4.39 Å². The van der Waals surface area contributed by atoms with E-state index in [1.54, 1.807) is 6.07 Å². The predicted octanol–water partition coefficient (Wildman–Crippen LogP) is 2.28. The van der Waals surface area contributed by atoms with Gasteiger partial charge in [-0.2, -0.15) is 5.26 Å². The summed E-state index contributed by atoms with van der Waals surface area (Å²) in [4.78, 5) is 12.1. The van der Waals surface area contributed by atoms with Crippen molar-refractivity contribution in [1.29, 1.82) is 5.26 Å². The lowest BCUT2D eigenvalue weighted by Crippen LogP contribution is -2.02. The molecule has 0 atom stereocenters. The zero-order valence-electron chi connectivity index (χ0n) is 10.2. The second-order valence-corrected chi connectivity index (χ2v) is 4.09. The molecule has 2 heterocycles. The van der Waals surface area contributed by atoms with Gasteiger partial charge >= 0.3 is 0 Å². The number of hydrogen-bond donors (Lipinski definition) is 1. The molecule has 3 aromatic rings. The molecule has 20 heavy (non-hydrogen) atoms. The molecule has 0 radical (unpaired) electrons. The van der Waals surface area contributed by atoms with E-state index in [1.165, 1.54) is 6.20 Å². The first-order chi connectivity index (χ1) is 9.70. The van der Waals surface area contributed by atoms with Crippen molar-refractivity contribution in [2.75, 3.05) is 5.73 Å². The summed E-state index contributed by atoms with van der Waals surface area (Å²) in [5.41, 5.74) is 6.88. The zero-order chi connectivity index (χ0) is 14.1. The maximum Gasteiger partial charge on any atom is 0.221 e. The number of fused-ring (bicyclic) bond motifs is 1. The first-order valence-corrected chi connectivity index (χ1v) is 5.78. The van der Waals surface area contributed by atoms with E-state index < -0.39 is 5.82 Å². The van der Waals surface area contributed by atoms with Crippen molar-refractivity contribution in [3.05, 3.63) is 47.9 Å². The molecule has 1 aromatic carbocycles. The van der Waals surface area contributed by atoms with E-state index in [-0.39, 0.29) is 22.5 Å². The smallest absolute Gasteiger partial charge is 0.221 e. The van der Waals surface area contributed by atoms with Crippen molar-refractivity contribution in [3.63, 3.8) is 0 Å². The Morgan fingerprint density at radius 1 is 1.10 bits per heavy atom. The lowest BCUT2D eigenvalue weighted by Gasteiger charge is -2.07. The Morgan fingerprint density at radius 3 is 2.55 bits per heavy atom. The molecule has 3 rings (SSSR count). The maximum atomic E-state index is 14.1. The molecule has 0 aliphatic rings. The van der Waals surface area contributed by atoms with E-state index in [4.69, 9.17) is 11.0 Å². The number of rotatable bonds is 1. The number of anilines is 1. The highest BCUT2D eigenvalue weighted by Crippen LogP contribution is 2.27. The first kappa shape index (κ1) is 12.0. The van der Waals surface area contributed by atoms with Gasteiger partial charge in [0.1, 0.15) is 28.4 Å². The van der Waals surface area contributed by atoms with Crippen molar-refractivity contribution < 1.29 is 4.39 Å². The number of halogens is 1. The minimum absolute atomic E-state index is 0.0459. The van der Waals surface area contributed by atoms with E-state index in [0.717, 1.165) is 5.56 Å². The monoisotopic (exact) mass is 265 g/mol. The molecular formula is C14H8FN5. The minimum Gasteiger partial charge on any atom is -0.368 e. The molecule has 2 aromatic heterocycles. The standard InChI is InChI=1S/C14H8FN5/c15-10-9(6-16)7-18-13-11(8-4-2-1-3-5-8)19-14(17)20-12(10)13/h1-5,7H,(H2,17,19,20). The van der Waals surface area contributed by atoms with Gasteiger partial charge in [-0.05, 0) is 0 Å². The average Bonchev–Trinajstić information content (AvgIpc) is 2.48. The molecule has 0 bridgehead atoms. The Hall–Kier alpha value is -3.07. The lowest BCUT2D eigenvalue weighted by atomic mass is 10.1. The van der Waals surface area contributed by atoms with Gasteiger partial charge in [0, 0.05) is 11.8 Å². The van der Waals surface area contributed by atoms with Crippen LogP contribution in [0.5, 0.6) is 0 Å². The van der Waals surface area contributed by atoms with Crippen molar-refractivity contribution in [2.45, 2.75) is 0 Å². The van der Waals surface area contributed by atoms with Crippen LogP contribution in [0.2, 0.25) is 0 Å². The maximum absolute atomic E-state index is 14.1. The predicted molar refractivity (Wildman–Crippen MR) is 71.9 cm³/mol. The summed E-state index contributed by atoms with van der Waals surface area (Å²) in [6, 6.07) is 10.9. The van der Waals surface area contributed by atoms with Gasteiger partial charge in [-0.3, -0.25) is 4.98 Å². The van der Waals surface area contributed by atoms with Crippen LogP contribution in [0.25, 0.3) is 22.3 Å². The molecule has 0 amide bonds. The molecule has 0 saturated carbocycles. The normalized spacial score (nSPS) is 10.4. The largest absolute Gasteiger partial charge is 0.368 e. The van der Waals surface area contributed by atoms with Gasteiger partial charge in [-0.15, -0.1) is 0 Å². The van der Waals surface area contributed by atoms with Gasteiger partial charge in [-0.1, -0.05) is 30.3 Å². The highest BCUT2D eigenvalue weighted by molar-refractivity contribution is 5.90. The fourth-order valence-electron chi connectivity index (χ4n) is 1.94. The van der Waals surface area contributed by atoms with Gasteiger partial charge in [0.05, 0.1) is 0 Å². The van der Waals surface area contributed by atoms with Crippen LogP contribution in [0.3, 0.4) is 0 Å². The van der Waals surface area contributed by atoms with Crippen LogP contribution in [0, 0.1) is 17.1 Å². The molecule has 0 aliphatic carbocycles. The Bertz CT molecular complexity index is 840. The Balaban J connectivity index is 2.40. The van der Waals surface area contributed by atoms with Crippen LogP contribution < -0.4 is 5.73 Å². The highest BCUT2D eigenvalue weighted by Gasteiger charge is 2.16. The van der Waals surface area contributed by atoms with Gasteiger partial charge in [0.25, 0.3) is 0 Å². The van der Waals surface area contributed by atoms with Gasteiger partial charge in [0.2, 0.25) is 5.95 Å². The van der Waals surface area contributed by atoms with Gasteiger partial charge in [0.15, 0.2) is 5.82 Å². The number of benzene rings is 1. The molecule has 2 N–H and O–H groups in total. The summed E-state index contributed by atoms with van der Waals surface area (Å²) in [6.45, 7) is 0. The van der Waals surface area contributed by atoms with Crippen molar-refractivity contribution in [1.82, 2.24) is 15.0 Å². The number of aromatic nitrogens is 3. The molecule has 6 heteroatoms. The SMILES string of the molecule is N#Cc1cnc2c(-c3ccccc3)nc(N)nc2c1F. The number of nitrogens with zero attached hydrogens (tertiary/aromatic N) is 4. The fourth-order valence-corrected chi connectivity index (χ4v) is 1.94. The van der Waals surface area contributed by atoms with Crippen molar-refractivity contribution in [2.24, 2.45) is 0 Å². The molecule has 0 saturated heterocycles. The van der Waals surface area contributed by atoms with Crippen molar-refractivity contribution in [3.8, 4) is 17.3 Å². The summed E-state index contributed by atoms with van der Waals surface area (Å²) in [5.74, 6) is -0.795. The van der Waals surface area contributed by atoms with E-state index in [2.05, 4.69) is 15.0 Å². The number of nitrogen functional groups attached to an aromatic ring is 1. The molecule has 96 valence electrons. The topological polar surface area (TPSA) is 88.5 Å². The van der Waals surface area contributed by atoms with Crippen LogP contribution in [-0.2, 0) is 0 Å². The molecule has 5 nitrogen and oxygen atoms in total. The summed E-state index contributed by atoms with van der Waals surface area (Å²) in [5, 5.41) is 8.83. The number of nitrogens with two attached hydrogens (primary N) is 1. The van der Waals surface area contributed by atoms with Crippen LogP contribution in [0.15, 0.2) is 36.5 Å². The van der Waals surface area contributed by atoms with E-state index in [1.807, 2.05) is 30.3 Å². The van der Waals surface area contributed by atoms with Crippen LogP contribution in [-0.4, -0.2) is 15.0 Å². The molecule has 0 fully saturated rings. The Kier molecular flexibility index (Phi) is 2.73. The van der Waals surface area contributed by atoms with Crippen LogP contribution in [0.1, 0.15) is 5.56 Å². The first-order valence-electron chi connectivity index (χ1n) is 5.78. The minimum atomic E-state index is -0.733.